The predicted molar refractivity (Wildman–Crippen MR) is 133 cm³/mol. The van der Waals surface area contributed by atoms with Crippen LogP contribution in [0.1, 0.15) is 18.9 Å². The van der Waals surface area contributed by atoms with Gasteiger partial charge in [0.25, 0.3) is 5.56 Å². The lowest BCUT2D eigenvalue weighted by Crippen LogP contribution is -2.35. The highest BCUT2D eigenvalue weighted by molar-refractivity contribution is 5.85. The van der Waals surface area contributed by atoms with Crippen LogP contribution < -0.4 is 21.1 Å². The second-order valence-electron chi connectivity index (χ2n) is 7.91. The molecule has 32 heavy (non-hydrogen) atoms. The maximum absolute atomic E-state index is 13.3. The topological polar surface area (TPSA) is 75.1 Å². The first-order valence-corrected chi connectivity index (χ1v) is 10.7. The summed E-state index contributed by atoms with van der Waals surface area (Å²) in [6.45, 7) is 13.5. The summed E-state index contributed by atoms with van der Waals surface area (Å²) in [5.74, 6) is 0.389. The van der Waals surface area contributed by atoms with E-state index in [1.54, 1.807) is 17.8 Å². The van der Waals surface area contributed by atoms with Crippen molar-refractivity contribution in [1.29, 1.82) is 0 Å². The molecule has 0 unspecified atom stereocenters. The van der Waals surface area contributed by atoms with E-state index in [-0.39, 0.29) is 5.56 Å². The molecule has 1 aromatic carbocycles. The van der Waals surface area contributed by atoms with Crippen molar-refractivity contribution < 1.29 is 0 Å². The molecule has 0 aliphatic carbocycles. The Morgan fingerprint density at radius 3 is 2.88 bits per heavy atom. The van der Waals surface area contributed by atoms with Crippen LogP contribution in [0.4, 0.5) is 23.0 Å². The van der Waals surface area contributed by atoms with Gasteiger partial charge in [-0.15, -0.1) is 0 Å². The lowest BCUT2D eigenvalue weighted by molar-refractivity contribution is 0.855. The van der Waals surface area contributed by atoms with E-state index >= 15 is 0 Å². The molecule has 3 aromatic rings. The Bertz CT molecular complexity index is 1300. The molecule has 0 spiro atoms. The molecule has 4 rings (SSSR count). The number of aryl methyl sites for hydroxylation is 2. The molecular formula is C25H28N6O. The minimum atomic E-state index is -0.102. The average molecular weight is 429 g/mol. The van der Waals surface area contributed by atoms with Crippen LogP contribution in [0.25, 0.3) is 11.0 Å². The fourth-order valence-electron chi connectivity index (χ4n) is 3.78. The van der Waals surface area contributed by atoms with Crippen LogP contribution in [0.3, 0.4) is 0 Å². The summed E-state index contributed by atoms with van der Waals surface area (Å²) < 4.78 is 1.58. The van der Waals surface area contributed by atoms with Crippen LogP contribution in [0.5, 0.6) is 0 Å². The summed E-state index contributed by atoms with van der Waals surface area (Å²) in [7, 11) is 1.74. The lowest BCUT2D eigenvalue weighted by Gasteiger charge is -2.32. The monoisotopic (exact) mass is 428 g/mol. The van der Waals surface area contributed by atoms with E-state index in [4.69, 9.17) is 0 Å². The molecule has 1 aliphatic heterocycles. The normalized spacial score (nSPS) is 13.2. The molecule has 0 bridgehead atoms. The third kappa shape index (κ3) is 4.01. The quantitative estimate of drug-likeness (QED) is 0.557. The number of nitrogens with one attached hydrogen (secondary N) is 2. The minimum absolute atomic E-state index is 0.102. The zero-order chi connectivity index (χ0) is 22.8. The molecular weight excluding hydrogens is 400 g/mol. The summed E-state index contributed by atoms with van der Waals surface area (Å²) in [6, 6.07) is 7.99. The predicted octanol–water partition coefficient (Wildman–Crippen LogP) is 4.65. The molecule has 0 amide bonds. The van der Waals surface area contributed by atoms with Gasteiger partial charge in [-0.3, -0.25) is 9.36 Å². The first-order chi connectivity index (χ1) is 15.4. The van der Waals surface area contributed by atoms with Crippen molar-refractivity contribution in [2.75, 3.05) is 28.6 Å². The molecule has 1 aliphatic rings. The fraction of sp³-hybridized carbons (Fsp3) is 0.240. The molecule has 0 radical (unpaired) electrons. The summed E-state index contributed by atoms with van der Waals surface area (Å²) in [4.78, 5) is 24.4. The summed E-state index contributed by atoms with van der Waals surface area (Å²) in [6.07, 6.45) is 6.35. The fourth-order valence-corrected chi connectivity index (χ4v) is 3.78. The van der Waals surface area contributed by atoms with Gasteiger partial charge in [-0.1, -0.05) is 43.9 Å². The van der Waals surface area contributed by atoms with Crippen LogP contribution in [-0.4, -0.2) is 27.6 Å². The molecule has 164 valence electrons. The van der Waals surface area contributed by atoms with E-state index in [1.165, 1.54) is 0 Å². The first-order valence-electron chi connectivity index (χ1n) is 10.7. The molecule has 7 heteroatoms. The highest BCUT2D eigenvalue weighted by atomic mass is 16.1. The van der Waals surface area contributed by atoms with Crippen LogP contribution >= 0.6 is 0 Å². The Kier molecular flexibility index (Phi) is 5.81. The number of fused-ring (bicyclic) bond motifs is 2. The SMILES string of the molecule is C=C(/C=C\C(=C)Nc1ncc2cc(N3CCNc4c(C)cccc43)c(=O)n(C)c2n1)CC. The molecule has 0 atom stereocenters. The Labute approximate surface area is 187 Å². The van der Waals surface area contributed by atoms with Gasteiger partial charge in [0.05, 0.1) is 11.4 Å². The Morgan fingerprint density at radius 2 is 2.09 bits per heavy atom. The summed E-state index contributed by atoms with van der Waals surface area (Å²) >= 11 is 0. The van der Waals surface area contributed by atoms with Crippen molar-refractivity contribution in [3.8, 4) is 0 Å². The number of nitrogens with zero attached hydrogens (tertiary/aromatic N) is 4. The number of aromatic nitrogens is 3. The Morgan fingerprint density at radius 1 is 1.28 bits per heavy atom. The number of rotatable bonds is 6. The molecule has 2 N–H and O–H groups in total. The second kappa shape index (κ2) is 8.70. The smallest absolute Gasteiger partial charge is 0.275 e. The van der Waals surface area contributed by atoms with Gasteiger partial charge in [-0.2, -0.15) is 4.98 Å². The zero-order valence-corrected chi connectivity index (χ0v) is 18.8. The van der Waals surface area contributed by atoms with E-state index in [2.05, 4.69) is 51.6 Å². The maximum atomic E-state index is 13.3. The van der Waals surface area contributed by atoms with E-state index < -0.39 is 0 Å². The number of allylic oxidation sites excluding steroid dienone is 3. The van der Waals surface area contributed by atoms with Crippen molar-refractivity contribution in [1.82, 2.24) is 14.5 Å². The van der Waals surface area contributed by atoms with Crippen molar-refractivity contribution >= 4 is 34.0 Å². The number of hydrogen-bond donors (Lipinski definition) is 2. The molecule has 0 saturated carbocycles. The number of benzene rings is 1. The second-order valence-corrected chi connectivity index (χ2v) is 7.91. The van der Waals surface area contributed by atoms with Crippen molar-refractivity contribution in [2.45, 2.75) is 20.3 Å². The summed E-state index contributed by atoms with van der Waals surface area (Å²) in [5.41, 5.74) is 5.95. The summed E-state index contributed by atoms with van der Waals surface area (Å²) in [5, 5.41) is 7.32. The first kappa shape index (κ1) is 21.4. The number of anilines is 4. The van der Waals surface area contributed by atoms with E-state index in [1.807, 2.05) is 37.3 Å². The molecule has 3 heterocycles. The van der Waals surface area contributed by atoms with Crippen LogP contribution in [0.2, 0.25) is 0 Å². The molecule has 2 aromatic heterocycles. The number of para-hydroxylation sites is 1. The van der Waals surface area contributed by atoms with Crippen LogP contribution in [0.15, 0.2) is 71.8 Å². The third-order valence-corrected chi connectivity index (χ3v) is 5.65. The Hall–Kier alpha value is -3.87. The van der Waals surface area contributed by atoms with Crippen molar-refractivity contribution in [3.63, 3.8) is 0 Å². The van der Waals surface area contributed by atoms with Gasteiger partial charge >= 0.3 is 0 Å². The minimum Gasteiger partial charge on any atom is -0.381 e. The molecule has 0 saturated heterocycles. The van der Waals surface area contributed by atoms with Crippen LogP contribution in [-0.2, 0) is 7.05 Å². The largest absolute Gasteiger partial charge is 0.381 e. The van der Waals surface area contributed by atoms with Gasteiger partial charge < -0.3 is 15.5 Å². The zero-order valence-electron chi connectivity index (χ0n) is 18.8. The number of hydrogen-bond acceptors (Lipinski definition) is 6. The Balaban J connectivity index is 1.70. The third-order valence-electron chi connectivity index (χ3n) is 5.65. The highest BCUT2D eigenvalue weighted by Gasteiger charge is 2.23. The maximum Gasteiger partial charge on any atom is 0.275 e. The van der Waals surface area contributed by atoms with Crippen LogP contribution in [0, 0.1) is 6.92 Å². The van der Waals surface area contributed by atoms with E-state index in [9.17, 15) is 4.79 Å². The van der Waals surface area contributed by atoms with Crippen molar-refractivity contribution in [2.24, 2.45) is 7.05 Å². The standard InChI is InChI=1S/C25H28N6O/c1-6-16(2)10-11-18(4)28-25-27-15-19-14-21(24(32)30(5)23(19)29-25)31-13-12-26-22-17(3)8-7-9-20(22)31/h7-11,14-15,26H,2,4,6,12-13H2,1,3,5H3,(H,27,28,29)/b11-10-. The van der Waals surface area contributed by atoms with E-state index in [0.29, 0.717) is 29.5 Å². The van der Waals surface area contributed by atoms with Gasteiger partial charge in [0, 0.05) is 37.4 Å². The van der Waals surface area contributed by atoms with Gasteiger partial charge in [0.1, 0.15) is 11.3 Å². The average Bonchev–Trinajstić information content (AvgIpc) is 2.80. The highest BCUT2D eigenvalue weighted by Crippen LogP contribution is 2.36. The van der Waals surface area contributed by atoms with Crippen molar-refractivity contribution in [3.05, 3.63) is 83.0 Å². The lowest BCUT2D eigenvalue weighted by atomic mass is 10.1. The van der Waals surface area contributed by atoms with E-state index in [0.717, 1.165) is 40.9 Å². The molecule has 0 fully saturated rings. The molecule has 7 nitrogen and oxygen atoms in total. The van der Waals surface area contributed by atoms with Gasteiger partial charge in [-0.25, -0.2) is 4.98 Å². The number of pyridine rings is 1. The van der Waals surface area contributed by atoms with Gasteiger partial charge in [0.15, 0.2) is 0 Å². The van der Waals surface area contributed by atoms with Gasteiger partial charge in [-0.05, 0) is 37.1 Å². The van der Waals surface area contributed by atoms with Gasteiger partial charge in [0.2, 0.25) is 5.95 Å².